The molecule has 1 unspecified atom stereocenters. The Labute approximate surface area is 159 Å². The Morgan fingerprint density at radius 3 is 2.58 bits per heavy atom. The minimum Gasteiger partial charge on any atom is -0.350 e. The van der Waals surface area contributed by atoms with Crippen LogP contribution in [0.25, 0.3) is 10.6 Å². The zero-order chi connectivity index (χ0) is 18.5. The van der Waals surface area contributed by atoms with E-state index in [9.17, 15) is 10.0 Å². The number of ether oxygens (including phenoxy) is 1. The number of thiazole rings is 1. The summed E-state index contributed by atoms with van der Waals surface area (Å²) in [7, 11) is 0. The molecule has 1 atom stereocenters. The Bertz CT molecular complexity index is 871. The largest absolute Gasteiger partial charge is 0.350 e. The number of carbonyl (C=O) groups excluding carboxylic acids is 1. The first-order chi connectivity index (χ1) is 12.5. The highest BCUT2D eigenvalue weighted by Gasteiger charge is 2.23. The third-order valence-corrected chi connectivity index (χ3v) is 4.76. The number of nitrogens with zero attached hydrogens (tertiary/aromatic N) is 2. The number of hydrogen-bond donors (Lipinski definition) is 2. The van der Waals surface area contributed by atoms with Crippen molar-refractivity contribution in [1.29, 1.82) is 0 Å². The fourth-order valence-electron chi connectivity index (χ4n) is 2.30. The lowest BCUT2D eigenvalue weighted by atomic mass is 10.2. The van der Waals surface area contributed by atoms with Gasteiger partial charge in [-0.15, -0.1) is 11.3 Å². The van der Waals surface area contributed by atoms with Crippen molar-refractivity contribution in [2.75, 3.05) is 0 Å². The zero-order valence-corrected chi connectivity index (χ0v) is 15.2. The van der Waals surface area contributed by atoms with Crippen LogP contribution in [-0.4, -0.2) is 21.3 Å². The van der Waals surface area contributed by atoms with Crippen LogP contribution < -0.4 is 5.73 Å². The standard InChI is InChI=1S/C18H16ClN3O3S/c19-14-8-6-12(7-9-14)16-21-15(11-26-16)10-25-17(22(24)18(20)23)13-4-2-1-3-5-13/h1-9,11,17,24H,10H2,(H2,20,23). The summed E-state index contributed by atoms with van der Waals surface area (Å²) in [4.78, 5) is 15.8. The van der Waals surface area contributed by atoms with Crippen molar-refractivity contribution >= 4 is 29.0 Å². The molecule has 0 aliphatic rings. The van der Waals surface area contributed by atoms with Gasteiger partial charge in [-0.1, -0.05) is 54.1 Å². The molecule has 3 rings (SSSR count). The van der Waals surface area contributed by atoms with Crippen molar-refractivity contribution in [2.45, 2.75) is 12.8 Å². The molecule has 1 aromatic heterocycles. The van der Waals surface area contributed by atoms with Crippen molar-refractivity contribution in [2.24, 2.45) is 5.73 Å². The number of aromatic nitrogens is 1. The SMILES string of the molecule is NC(=O)N(O)C(OCc1csc(-c2ccc(Cl)cc2)n1)c1ccccc1. The summed E-state index contributed by atoms with van der Waals surface area (Å²) in [5, 5.41) is 13.6. The van der Waals surface area contributed by atoms with E-state index >= 15 is 0 Å². The first kappa shape index (κ1) is 18.3. The van der Waals surface area contributed by atoms with E-state index in [0.717, 1.165) is 10.6 Å². The lowest BCUT2D eigenvalue weighted by Gasteiger charge is -2.24. The van der Waals surface area contributed by atoms with Gasteiger partial charge >= 0.3 is 6.03 Å². The van der Waals surface area contributed by atoms with Gasteiger partial charge in [-0.25, -0.2) is 9.78 Å². The lowest BCUT2D eigenvalue weighted by Crippen LogP contribution is -2.37. The third-order valence-electron chi connectivity index (χ3n) is 3.56. The molecule has 8 heteroatoms. The van der Waals surface area contributed by atoms with Gasteiger partial charge in [0.2, 0.25) is 0 Å². The summed E-state index contributed by atoms with van der Waals surface area (Å²) in [6.45, 7) is 0.105. The van der Waals surface area contributed by atoms with Crippen LogP contribution in [0, 0.1) is 0 Å². The normalized spacial score (nSPS) is 11.9. The molecule has 6 nitrogen and oxygen atoms in total. The van der Waals surface area contributed by atoms with Gasteiger partial charge in [-0.3, -0.25) is 5.21 Å². The minimum absolute atomic E-state index is 0.105. The van der Waals surface area contributed by atoms with E-state index in [2.05, 4.69) is 4.98 Å². The molecule has 2 aromatic carbocycles. The van der Waals surface area contributed by atoms with Crippen LogP contribution in [0.5, 0.6) is 0 Å². The second kappa shape index (κ2) is 8.29. The van der Waals surface area contributed by atoms with Crippen LogP contribution in [0.1, 0.15) is 17.5 Å². The maximum Gasteiger partial charge on any atom is 0.341 e. The molecule has 2 amide bonds. The fraction of sp³-hybridized carbons (Fsp3) is 0.111. The topological polar surface area (TPSA) is 88.7 Å². The summed E-state index contributed by atoms with van der Waals surface area (Å²) in [6, 6.07) is 15.2. The molecule has 0 bridgehead atoms. The van der Waals surface area contributed by atoms with E-state index in [4.69, 9.17) is 22.1 Å². The number of rotatable bonds is 6. The second-order valence-electron chi connectivity index (χ2n) is 5.41. The van der Waals surface area contributed by atoms with Gasteiger partial charge in [0, 0.05) is 21.5 Å². The van der Waals surface area contributed by atoms with E-state index in [-0.39, 0.29) is 6.61 Å². The Kier molecular flexibility index (Phi) is 5.85. The summed E-state index contributed by atoms with van der Waals surface area (Å²) >= 11 is 7.37. The van der Waals surface area contributed by atoms with Gasteiger partial charge in [0.1, 0.15) is 5.01 Å². The first-order valence-electron chi connectivity index (χ1n) is 7.69. The summed E-state index contributed by atoms with van der Waals surface area (Å²) in [6.07, 6.45) is -1.02. The van der Waals surface area contributed by atoms with Crippen LogP contribution in [0.3, 0.4) is 0 Å². The van der Waals surface area contributed by atoms with Gasteiger partial charge in [0.05, 0.1) is 12.3 Å². The predicted molar refractivity (Wildman–Crippen MR) is 99.7 cm³/mol. The first-order valence-corrected chi connectivity index (χ1v) is 8.95. The van der Waals surface area contributed by atoms with Crippen molar-refractivity contribution < 1.29 is 14.7 Å². The molecule has 0 aliphatic carbocycles. The summed E-state index contributed by atoms with van der Waals surface area (Å²) in [5.41, 5.74) is 7.40. The highest BCUT2D eigenvalue weighted by Crippen LogP contribution is 2.27. The van der Waals surface area contributed by atoms with Crippen LogP contribution >= 0.6 is 22.9 Å². The van der Waals surface area contributed by atoms with Gasteiger partial charge in [-0.2, -0.15) is 5.06 Å². The van der Waals surface area contributed by atoms with E-state index < -0.39 is 12.3 Å². The molecule has 0 fully saturated rings. The average Bonchev–Trinajstić information content (AvgIpc) is 3.12. The highest BCUT2D eigenvalue weighted by molar-refractivity contribution is 7.13. The van der Waals surface area contributed by atoms with Gasteiger partial charge < -0.3 is 10.5 Å². The molecule has 0 aliphatic heterocycles. The van der Waals surface area contributed by atoms with E-state index in [0.29, 0.717) is 21.3 Å². The number of primary amides is 1. The number of nitrogens with two attached hydrogens (primary N) is 1. The second-order valence-corrected chi connectivity index (χ2v) is 6.70. The lowest BCUT2D eigenvalue weighted by molar-refractivity contribution is -0.185. The summed E-state index contributed by atoms with van der Waals surface area (Å²) in [5.74, 6) is 0. The fourth-order valence-corrected chi connectivity index (χ4v) is 3.24. The third kappa shape index (κ3) is 4.39. The van der Waals surface area contributed by atoms with Crippen LogP contribution in [0.15, 0.2) is 60.0 Å². The highest BCUT2D eigenvalue weighted by atomic mass is 35.5. The number of halogens is 1. The molecular weight excluding hydrogens is 374 g/mol. The smallest absolute Gasteiger partial charge is 0.341 e. The average molecular weight is 390 g/mol. The Balaban J connectivity index is 1.73. The molecule has 134 valence electrons. The molecule has 3 aromatic rings. The number of hydroxylamine groups is 2. The van der Waals surface area contributed by atoms with Crippen molar-refractivity contribution in [3.8, 4) is 10.6 Å². The molecule has 26 heavy (non-hydrogen) atoms. The number of carbonyl (C=O) groups is 1. The van der Waals surface area contributed by atoms with Crippen molar-refractivity contribution in [1.82, 2.24) is 10.0 Å². The van der Waals surface area contributed by atoms with E-state index in [1.54, 1.807) is 36.4 Å². The maximum atomic E-state index is 11.3. The van der Waals surface area contributed by atoms with Crippen LogP contribution in [0.2, 0.25) is 5.02 Å². The molecule has 0 saturated heterocycles. The van der Waals surface area contributed by atoms with Crippen molar-refractivity contribution in [3.63, 3.8) is 0 Å². The molecular formula is C18H16ClN3O3S. The van der Waals surface area contributed by atoms with Crippen LogP contribution in [-0.2, 0) is 11.3 Å². The number of benzene rings is 2. The molecule has 1 heterocycles. The number of hydrogen-bond acceptors (Lipinski definition) is 5. The maximum absolute atomic E-state index is 11.3. The van der Waals surface area contributed by atoms with Crippen molar-refractivity contribution in [3.05, 3.63) is 76.3 Å². The Hall–Kier alpha value is -2.45. The van der Waals surface area contributed by atoms with Gasteiger partial charge in [0.25, 0.3) is 0 Å². The Morgan fingerprint density at radius 1 is 1.23 bits per heavy atom. The quantitative estimate of drug-likeness (QED) is 0.370. The molecule has 0 spiro atoms. The number of urea groups is 1. The van der Waals surface area contributed by atoms with Gasteiger partial charge in [-0.05, 0) is 12.1 Å². The van der Waals surface area contributed by atoms with E-state index in [1.165, 1.54) is 11.3 Å². The zero-order valence-electron chi connectivity index (χ0n) is 13.6. The monoisotopic (exact) mass is 389 g/mol. The van der Waals surface area contributed by atoms with E-state index in [1.807, 2.05) is 23.6 Å². The molecule has 0 radical (unpaired) electrons. The Morgan fingerprint density at radius 2 is 1.92 bits per heavy atom. The minimum atomic E-state index is -1.02. The van der Waals surface area contributed by atoms with Gasteiger partial charge in [0.15, 0.2) is 6.23 Å². The summed E-state index contributed by atoms with van der Waals surface area (Å²) < 4.78 is 5.70. The molecule has 0 saturated carbocycles. The molecule has 3 N–H and O–H groups in total. The van der Waals surface area contributed by atoms with Crippen LogP contribution in [0.4, 0.5) is 4.79 Å². The predicted octanol–water partition coefficient (Wildman–Crippen LogP) is 4.45. The number of amides is 2.